The molecule has 2 aromatic rings. The van der Waals surface area contributed by atoms with E-state index in [-0.39, 0.29) is 12.5 Å². The van der Waals surface area contributed by atoms with Crippen molar-refractivity contribution in [3.63, 3.8) is 0 Å². The highest BCUT2D eigenvalue weighted by Crippen LogP contribution is 2.18. The maximum absolute atomic E-state index is 12.2. The van der Waals surface area contributed by atoms with Crippen molar-refractivity contribution in [3.05, 3.63) is 59.7 Å². The van der Waals surface area contributed by atoms with Crippen LogP contribution in [0.2, 0.25) is 0 Å². The Morgan fingerprint density at radius 3 is 2.54 bits per heavy atom. The van der Waals surface area contributed by atoms with Crippen LogP contribution >= 0.6 is 0 Å². The molecule has 5 heteroatoms. The second-order valence-electron chi connectivity index (χ2n) is 5.58. The van der Waals surface area contributed by atoms with E-state index in [2.05, 4.69) is 17.6 Å². The van der Waals surface area contributed by atoms with Crippen LogP contribution in [0.25, 0.3) is 0 Å². The topological polar surface area (TPSA) is 78.4 Å². The van der Waals surface area contributed by atoms with Crippen molar-refractivity contribution in [1.29, 1.82) is 0 Å². The number of para-hydroxylation sites is 1. The molecular formula is C19H22N2O3. The van der Waals surface area contributed by atoms with Crippen LogP contribution in [0.15, 0.2) is 48.5 Å². The van der Waals surface area contributed by atoms with Crippen LogP contribution in [0.4, 0.5) is 16.2 Å². The Bertz CT molecular complexity index is 713. The van der Waals surface area contributed by atoms with Crippen molar-refractivity contribution in [2.45, 2.75) is 32.6 Å². The summed E-state index contributed by atoms with van der Waals surface area (Å²) >= 11 is 0. The molecule has 3 N–H and O–H groups in total. The second kappa shape index (κ2) is 8.72. The Morgan fingerprint density at radius 2 is 1.79 bits per heavy atom. The minimum Gasteiger partial charge on any atom is -0.481 e. The Kier molecular flexibility index (Phi) is 6.37. The van der Waals surface area contributed by atoms with Gasteiger partial charge in [0.15, 0.2) is 0 Å². The molecule has 0 atom stereocenters. The van der Waals surface area contributed by atoms with Gasteiger partial charge in [0, 0.05) is 17.8 Å². The smallest absolute Gasteiger partial charge is 0.323 e. The number of urea groups is 1. The lowest BCUT2D eigenvalue weighted by atomic mass is 10.1. The van der Waals surface area contributed by atoms with Gasteiger partial charge >= 0.3 is 12.0 Å². The molecule has 0 aliphatic carbocycles. The zero-order valence-corrected chi connectivity index (χ0v) is 13.7. The first-order valence-corrected chi connectivity index (χ1v) is 8.05. The third-order valence-corrected chi connectivity index (χ3v) is 3.60. The monoisotopic (exact) mass is 326 g/mol. The van der Waals surface area contributed by atoms with E-state index >= 15 is 0 Å². The molecule has 2 aromatic carbocycles. The van der Waals surface area contributed by atoms with Crippen LogP contribution in [0.1, 0.15) is 30.9 Å². The summed E-state index contributed by atoms with van der Waals surface area (Å²) in [5.41, 5.74) is 3.43. The number of hydrogen-bond acceptors (Lipinski definition) is 2. The average molecular weight is 326 g/mol. The molecule has 0 bridgehead atoms. The number of carbonyl (C=O) groups is 2. The predicted molar refractivity (Wildman–Crippen MR) is 95.5 cm³/mol. The Balaban J connectivity index is 2.00. The molecule has 2 amide bonds. The third kappa shape index (κ3) is 5.43. The van der Waals surface area contributed by atoms with Crippen LogP contribution < -0.4 is 10.6 Å². The number of carbonyl (C=O) groups excluding carboxylic acids is 1. The van der Waals surface area contributed by atoms with Gasteiger partial charge in [-0.3, -0.25) is 4.79 Å². The molecule has 0 saturated heterocycles. The van der Waals surface area contributed by atoms with E-state index < -0.39 is 5.97 Å². The lowest BCUT2D eigenvalue weighted by molar-refractivity contribution is -0.136. The number of amides is 2. The van der Waals surface area contributed by atoms with E-state index in [1.54, 1.807) is 18.2 Å². The minimum absolute atomic E-state index is 0.0695. The van der Waals surface area contributed by atoms with Crippen molar-refractivity contribution in [2.24, 2.45) is 0 Å². The van der Waals surface area contributed by atoms with Crippen molar-refractivity contribution in [2.75, 3.05) is 10.6 Å². The lowest BCUT2D eigenvalue weighted by Crippen LogP contribution is -2.20. The summed E-state index contributed by atoms with van der Waals surface area (Å²) in [6.07, 6.45) is 2.42. The fourth-order valence-corrected chi connectivity index (χ4v) is 2.47. The highest BCUT2D eigenvalue weighted by atomic mass is 16.4. The number of aliphatic carboxylic acids is 1. The first kappa shape index (κ1) is 17.5. The van der Waals surface area contributed by atoms with Crippen LogP contribution in [0.5, 0.6) is 0 Å². The van der Waals surface area contributed by atoms with Gasteiger partial charge < -0.3 is 15.7 Å². The molecule has 0 aliphatic rings. The molecule has 2 rings (SSSR count). The number of carboxylic acid groups (broad SMARTS) is 1. The molecule has 0 aliphatic heterocycles. The van der Waals surface area contributed by atoms with Crippen molar-refractivity contribution >= 4 is 23.4 Å². The van der Waals surface area contributed by atoms with Crippen LogP contribution in [0.3, 0.4) is 0 Å². The summed E-state index contributed by atoms with van der Waals surface area (Å²) in [5.74, 6) is -0.835. The van der Waals surface area contributed by atoms with Gasteiger partial charge in [0.05, 0.1) is 0 Å². The molecule has 0 aromatic heterocycles. The molecule has 0 heterocycles. The minimum atomic E-state index is -0.835. The third-order valence-electron chi connectivity index (χ3n) is 3.60. The van der Waals surface area contributed by atoms with Crippen LogP contribution in [-0.4, -0.2) is 17.1 Å². The van der Waals surface area contributed by atoms with Crippen LogP contribution in [0, 0.1) is 0 Å². The summed E-state index contributed by atoms with van der Waals surface area (Å²) in [5, 5.41) is 14.4. The molecule has 0 unspecified atom stereocenters. The van der Waals surface area contributed by atoms with E-state index in [0.29, 0.717) is 12.1 Å². The van der Waals surface area contributed by atoms with Crippen molar-refractivity contribution in [1.82, 2.24) is 0 Å². The fourth-order valence-electron chi connectivity index (χ4n) is 2.47. The summed E-state index contributed by atoms with van der Waals surface area (Å²) in [6.45, 7) is 2.10. The molecule has 0 radical (unpaired) electrons. The lowest BCUT2D eigenvalue weighted by Gasteiger charge is -2.12. The fraction of sp³-hybridized carbons (Fsp3) is 0.263. The molecule has 5 nitrogen and oxygen atoms in total. The summed E-state index contributed by atoms with van der Waals surface area (Å²) in [6, 6.07) is 14.7. The molecule has 24 heavy (non-hydrogen) atoms. The Morgan fingerprint density at radius 1 is 1.00 bits per heavy atom. The Hall–Kier alpha value is -2.82. The van der Waals surface area contributed by atoms with E-state index in [1.165, 1.54) is 0 Å². The number of rotatable bonds is 7. The van der Waals surface area contributed by atoms with Gasteiger partial charge in [-0.05, 0) is 42.2 Å². The molecule has 0 fully saturated rings. The van der Waals surface area contributed by atoms with Gasteiger partial charge in [-0.1, -0.05) is 43.7 Å². The summed E-state index contributed by atoms with van der Waals surface area (Å²) in [7, 11) is 0. The normalized spacial score (nSPS) is 10.2. The number of aryl methyl sites for hydroxylation is 2. The summed E-state index contributed by atoms with van der Waals surface area (Å²) in [4.78, 5) is 22.8. The Labute approximate surface area is 141 Å². The van der Waals surface area contributed by atoms with Gasteiger partial charge in [0.1, 0.15) is 0 Å². The predicted octanol–water partition coefficient (Wildman–Crippen LogP) is 4.30. The van der Waals surface area contributed by atoms with Crippen molar-refractivity contribution < 1.29 is 14.7 Å². The van der Waals surface area contributed by atoms with Gasteiger partial charge in [0.2, 0.25) is 0 Å². The first-order chi connectivity index (χ1) is 11.6. The maximum atomic E-state index is 12.2. The van der Waals surface area contributed by atoms with Gasteiger partial charge in [-0.25, -0.2) is 4.79 Å². The SMILES string of the molecule is CCCc1ccccc1NC(=O)Nc1cccc(CCC(=O)O)c1. The van der Waals surface area contributed by atoms with Gasteiger partial charge in [-0.15, -0.1) is 0 Å². The molecule has 126 valence electrons. The number of anilines is 2. The van der Waals surface area contributed by atoms with E-state index in [0.717, 1.165) is 29.7 Å². The number of carboxylic acids is 1. The quantitative estimate of drug-likeness (QED) is 0.710. The highest BCUT2D eigenvalue weighted by Gasteiger charge is 2.07. The molecule has 0 saturated carbocycles. The molecule has 0 spiro atoms. The van der Waals surface area contributed by atoms with E-state index in [1.807, 2.05) is 30.3 Å². The van der Waals surface area contributed by atoms with Gasteiger partial charge in [-0.2, -0.15) is 0 Å². The number of hydrogen-bond donors (Lipinski definition) is 3. The maximum Gasteiger partial charge on any atom is 0.323 e. The average Bonchev–Trinajstić information content (AvgIpc) is 2.55. The largest absolute Gasteiger partial charge is 0.481 e. The highest BCUT2D eigenvalue weighted by molar-refractivity contribution is 6.00. The molecular weight excluding hydrogens is 304 g/mol. The zero-order chi connectivity index (χ0) is 17.4. The number of nitrogens with one attached hydrogen (secondary N) is 2. The van der Waals surface area contributed by atoms with Gasteiger partial charge in [0.25, 0.3) is 0 Å². The van der Waals surface area contributed by atoms with E-state index in [4.69, 9.17) is 5.11 Å². The van der Waals surface area contributed by atoms with Crippen molar-refractivity contribution in [3.8, 4) is 0 Å². The first-order valence-electron chi connectivity index (χ1n) is 8.05. The van der Waals surface area contributed by atoms with Crippen LogP contribution in [-0.2, 0) is 17.6 Å². The van der Waals surface area contributed by atoms with E-state index in [9.17, 15) is 9.59 Å². The standard InChI is InChI=1S/C19H22N2O3/c1-2-6-15-8-3-4-10-17(15)21-19(24)20-16-9-5-7-14(13-16)11-12-18(22)23/h3-5,7-10,13H,2,6,11-12H2,1H3,(H,22,23)(H2,20,21,24). The summed E-state index contributed by atoms with van der Waals surface area (Å²) < 4.78 is 0. The second-order valence-corrected chi connectivity index (χ2v) is 5.58. The number of benzene rings is 2. The zero-order valence-electron chi connectivity index (χ0n) is 13.7.